The van der Waals surface area contributed by atoms with Gasteiger partial charge in [0, 0.05) is 124 Å². The molecule has 0 fully saturated rings. The third kappa shape index (κ3) is 20.1. The number of furan rings is 3. The highest BCUT2D eigenvalue weighted by Crippen LogP contribution is 2.51. The van der Waals surface area contributed by atoms with Crippen LogP contribution in [-0.2, 0) is 37.9 Å². The molecule has 0 atom stereocenters. The van der Waals surface area contributed by atoms with Crippen LogP contribution in [0.5, 0.6) is 0 Å². The van der Waals surface area contributed by atoms with Crippen molar-refractivity contribution in [1.82, 2.24) is 0 Å². The zero-order valence-corrected chi connectivity index (χ0v) is 89.7. The van der Waals surface area contributed by atoms with E-state index in [9.17, 15) is 0 Å². The van der Waals surface area contributed by atoms with Crippen molar-refractivity contribution < 1.29 is 13.3 Å². The predicted molar refractivity (Wildman–Crippen MR) is 631 cm³/mol. The fourth-order valence-corrected chi connectivity index (χ4v) is 25.6. The Hall–Kier alpha value is -13.8. The van der Waals surface area contributed by atoms with Crippen LogP contribution in [0.3, 0.4) is 0 Å². The number of hydrogen-bond acceptors (Lipinski definition) is 7. The van der Waals surface area contributed by atoms with Gasteiger partial charge >= 0.3 is 0 Å². The highest BCUT2D eigenvalue weighted by molar-refractivity contribution is 7.27. The van der Waals surface area contributed by atoms with E-state index in [0.29, 0.717) is 0 Å². The molecule has 0 aliphatic heterocycles. The molecule has 0 spiro atoms. The van der Waals surface area contributed by atoms with E-state index < -0.39 is 0 Å². The average Bonchev–Trinajstić information content (AvgIpc) is 1.59. The van der Waals surface area contributed by atoms with E-state index in [4.69, 9.17) is 13.3 Å². The van der Waals surface area contributed by atoms with Crippen LogP contribution in [0, 0.1) is 0 Å². The van der Waals surface area contributed by atoms with Gasteiger partial charge in [0.1, 0.15) is 33.5 Å². The van der Waals surface area contributed by atoms with Crippen LogP contribution in [0.15, 0.2) is 408 Å². The summed E-state index contributed by atoms with van der Waals surface area (Å²) >= 11 is 7.64. The maximum atomic E-state index is 6.40. The summed E-state index contributed by atoms with van der Waals surface area (Å²) in [5.41, 5.74) is 26.6. The van der Waals surface area contributed by atoms with Gasteiger partial charge in [-0.25, -0.2) is 0 Å². The number of hydrogen-bond donors (Lipinski definition) is 0. The van der Waals surface area contributed by atoms with Gasteiger partial charge in [-0.15, -0.1) is 45.3 Å². The second-order valence-corrected chi connectivity index (χ2v) is 49.1. The van der Waals surface area contributed by atoms with E-state index in [1.165, 1.54) is 191 Å². The first-order valence-electron chi connectivity index (χ1n) is 50.2. The van der Waals surface area contributed by atoms with Crippen molar-refractivity contribution >= 4 is 192 Å². The number of thiophene rings is 4. The topological polar surface area (TPSA) is 39.4 Å². The molecule has 0 unspecified atom stereocenters. The molecule has 7 heteroatoms. The molecule has 0 saturated carbocycles. The SMILES string of the molecule is CC(C)(C)c1cccc2c1oc1c(-c3ccccc3)cccc12.CC(C)(C)c1cccc2c1sc1c(-c3ccccc3)cccc12.CC(C)(C)c1cccc2c1sc1ccccc12.CC(C)(C)c1cccc2oc3cccc(-c4ccccc4)c3c12.CC(C)(C)c1cccc2oc3ccccc3c12.CC(C)(C)c1cccc2sc3cccc(-c4ccccc4)c3c12.CC(C)(C)c1cccc2sc3ccccc3c12. The molecule has 7 aromatic heterocycles. The number of rotatable bonds is 4. The van der Waals surface area contributed by atoms with Gasteiger partial charge in [-0.1, -0.05) is 485 Å². The van der Waals surface area contributed by atoms with Gasteiger partial charge in [0.15, 0.2) is 0 Å². The van der Waals surface area contributed by atoms with Crippen LogP contribution in [0.1, 0.15) is 184 Å². The fourth-order valence-electron chi connectivity index (χ4n) is 20.3. The Morgan fingerprint density at radius 2 is 0.434 bits per heavy atom. The molecule has 0 N–H and O–H groups in total. The number of fused-ring (bicyclic) bond motifs is 21. The highest BCUT2D eigenvalue weighted by atomic mass is 32.1. The van der Waals surface area contributed by atoms with Gasteiger partial charge in [0.2, 0.25) is 0 Å². The molecule has 7 heterocycles. The lowest BCUT2D eigenvalue weighted by molar-refractivity contribution is 0.573. The summed E-state index contributed by atoms with van der Waals surface area (Å²) in [4.78, 5) is 0. The van der Waals surface area contributed by atoms with Crippen LogP contribution in [0.2, 0.25) is 0 Å². The summed E-state index contributed by atoms with van der Waals surface area (Å²) in [6.07, 6.45) is 0. The molecule has 25 aromatic rings. The molecule has 714 valence electrons. The standard InChI is InChI=1S/2C22H20O.2C22H20S.C16H16O.2C16H16S/c1-22(2,3)17-12-8-14-19-21(17)20-16(11-7-13-18(20)23-19)15-9-5-4-6-10-15;1-22(2,3)19-14-8-13-18-17-12-7-11-16(20(17)23-21(18)19)15-9-5-4-6-10-15;1-22(2,3)17-12-8-14-19-21(17)20-16(11-7-13-18(20)23-19)15-9-5-4-6-10-15;1-22(2,3)19-14-8-13-18-17-12-7-11-16(20(17)23-21(18)19)15-9-5-4-6-10-15;1-16(2,3)12-8-6-10-14-15(12)11-7-4-5-9-13(11)17-14;1-16(2,3)13-9-6-8-12-11-7-4-5-10-14(11)17-15(12)13;1-16(2,3)12-8-6-10-14-15(12)11-7-4-5-9-13(11)17-14/h4*4-14H,1-3H3;3*4-10H,1-3H3. The zero-order chi connectivity index (χ0) is 100. The second kappa shape index (κ2) is 39.5. The summed E-state index contributed by atoms with van der Waals surface area (Å²) in [7, 11) is 0. The van der Waals surface area contributed by atoms with Crippen LogP contribution in [-0.4, -0.2) is 0 Å². The Morgan fingerprint density at radius 1 is 0.147 bits per heavy atom. The van der Waals surface area contributed by atoms with Gasteiger partial charge in [-0.05, 0) is 165 Å². The third-order valence-electron chi connectivity index (χ3n) is 27.3. The Bertz CT molecular complexity index is 8430. The summed E-state index contributed by atoms with van der Waals surface area (Å²) in [5, 5.41) is 18.6. The third-order valence-corrected chi connectivity index (χ3v) is 32.1. The minimum Gasteiger partial charge on any atom is -0.456 e. The second-order valence-electron chi connectivity index (χ2n) is 44.9. The first-order chi connectivity index (χ1) is 68.4. The van der Waals surface area contributed by atoms with E-state index >= 15 is 0 Å². The Balaban J connectivity index is 0.000000106. The minimum absolute atomic E-state index is 0.0558. The maximum Gasteiger partial charge on any atom is 0.143 e. The van der Waals surface area contributed by atoms with E-state index in [1.54, 1.807) is 0 Å². The van der Waals surface area contributed by atoms with Crippen molar-refractivity contribution in [3.05, 3.63) is 433 Å². The molecule has 3 nitrogen and oxygen atoms in total. The summed E-state index contributed by atoms with van der Waals surface area (Å²) in [5.74, 6) is 0. The van der Waals surface area contributed by atoms with Gasteiger partial charge < -0.3 is 13.3 Å². The Labute approximate surface area is 859 Å². The van der Waals surface area contributed by atoms with Gasteiger partial charge in [0.25, 0.3) is 0 Å². The number of para-hydroxylation sites is 3. The van der Waals surface area contributed by atoms with Crippen LogP contribution in [0.4, 0.5) is 0 Å². The lowest BCUT2D eigenvalue weighted by atomic mass is 9.83. The van der Waals surface area contributed by atoms with Gasteiger partial charge in [-0.2, -0.15) is 0 Å². The fraction of sp³-hybridized carbons (Fsp3) is 0.206. The molecular formula is C136H128O3S4. The molecule has 18 aromatic carbocycles. The molecule has 0 aliphatic rings. The largest absolute Gasteiger partial charge is 0.456 e. The van der Waals surface area contributed by atoms with Crippen molar-refractivity contribution in [3.63, 3.8) is 0 Å². The van der Waals surface area contributed by atoms with Gasteiger partial charge in [-0.3, -0.25) is 0 Å². The molecule has 0 aliphatic carbocycles. The maximum absolute atomic E-state index is 6.40. The summed E-state index contributed by atoms with van der Waals surface area (Å²) in [6.45, 7) is 47.7. The average molecular weight is 1940 g/mol. The van der Waals surface area contributed by atoms with Crippen LogP contribution >= 0.6 is 45.3 Å². The Kier molecular flexibility index (Phi) is 27.1. The van der Waals surface area contributed by atoms with Crippen molar-refractivity contribution in [1.29, 1.82) is 0 Å². The zero-order valence-electron chi connectivity index (χ0n) is 86.4. The molecule has 0 saturated heterocycles. The molecule has 0 radical (unpaired) electrons. The normalized spacial score (nSPS) is 12.2. The van der Waals surface area contributed by atoms with Crippen molar-refractivity contribution in [2.75, 3.05) is 0 Å². The minimum atomic E-state index is 0.0558. The molecular weight excluding hydrogens is 1810 g/mol. The van der Waals surface area contributed by atoms with E-state index in [2.05, 4.69) is 515 Å². The van der Waals surface area contributed by atoms with Crippen LogP contribution in [0.25, 0.3) is 191 Å². The molecule has 25 rings (SSSR count). The monoisotopic (exact) mass is 1940 g/mol. The number of benzene rings is 18. The first kappa shape index (κ1) is 98.0. The van der Waals surface area contributed by atoms with Crippen LogP contribution < -0.4 is 0 Å². The van der Waals surface area contributed by atoms with Crippen molar-refractivity contribution in [2.24, 2.45) is 0 Å². The highest BCUT2D eigenvalue weighted by Gasteiger charge is 2.29. The predicted octanol–water partition coefficient (Wildman–Crippen LogP) is 42.7. The quantitative estimate of drug-likeness (QED) is 0.176. The summed E-state index contributed by atoms with van der Waals surface area (Å²) < 4.78 is 29.6. The first-order valence-corrected chi connectivity index (χ1v) is 53.4. The molecule has 0 amide bonds. The van der Waals surface area contributed by atoms with E-state index in [0.717, 1.165) is 39.1 Å². The summed E-state index contributed by atoms with van der Waals surface area (Å²) in [6, 6.07) is 140. The van der Waals surface area contributed by atoms with Crippen molar-refractivity contribution in [2.45, 2.75) is 183 Å². The smallest absolute Gasteiger partial charge is 0.143 e. The van der Waals surface area contributed by atoms with E-state index in [1.807, 2.05) is 69.6 Å². The lowest BCUT2D eigenvalue weighted by Gasteiger charge is -2.21. The molecule has 0 bridgehead atoms. The molecule has 143 heavy (non-hydrogen) atoms. The van der Waals surface area contributed by atoms with Crippen molar-refractivity contribution in [3.8, 4) is 44.5 Å². The van der Waals surface area contributed by atoms with Gasteiger partial charge in [0.05, 0.1) is 0 Å². The van der Waals surface area contributed by atoms with E-state index in [-0.39, 0.29) is 37.9 Å². The Morgan fingerprint density at radius 3 is 0.958 bits per heavy atom. The lowest BCUT2D eigenvalue weighted by Crippen LogP contribution is -2.11.